The van der Waals surface area contributed by atoms with E-state index in [4.69, 9.17) is 16.4 Å². The van der Waals surface area contributed by atoms with Gasteiger partial charge in [0.25, 0.3) is 24.6 Å². The predicted molar refractivity (Wildman–Crippen MR) is 110 cm³/mol. The molecule has 3 N–H and O–H groups in total. The Labute approximate surface area is 188 Å². The number of aromatic nitrogens is 2. The van der Waals surface area contributed by atoms with E-state index in [0.29, 0.717) is 10.8 Å². The van der Waals surface area contributed by atoms with Crippen LogP contribution < -0.4 is 20.5 Å². The summed E-state index contributed by atoms with van der Waals surface area (Å²) < 4.78 is 5.57. The standard InChI is InChI=1S/C18H14ClN5O7S/c19-10-1-3-11(4-2-10)30-20-5-9-8-32-17-14(16(27)24(17)15(9)18(28)29)21-12(25)6-23-7-13(26)31-22-23/h1-5,7,14,17H,6,8H2,(H2-,21,22,25,26,28,29)/p+1/t14-,17+/m1/s1. The van der Waals surface area contributed by atoms with Gasteiger partial charge in [-0.3, -0.25) is 19.0 Å². The number of fused-ring (bicyclic) bond motifs is 1. The third-order valence-electron chi connectivity index (χ3n) is 4.54. The maximum atomic E-state index is 12.6. The van der Waals surface area contributed by atoms with Crippen LogP contribution in [-0.2, 0) is 20.9 Å². The van der Waals surface area contributed by atoms with Crippen LogP contribution in [0.25, 0.3) is 0 Å². The van der Waals surface area contributed by atoms with Crippen LogP contribution in [0, 0.1) is 0 Å². The molecule has 0 spiro atoms. The summed E-state index contributed by atoms with van der Waals surface area (Å²) in [5.41, 5.74) is -0.587. The molecule has 32 heavy (non-hydrogen) atoms. The summed E-state index contributed by atoms with van der Waals surface area (Å²) >= 11 is 7.08. The third kappa shape index (κ3) is 4.38. The minimum Gasteiger partial charge on any atom is -0.477 e. The highest BCUT2D eigenvalue weighted by Gasteiger charge is 2.54. The summed E-state index contributed by atoms with van der Waals surface area (Å²) in [6, 6.07) is 5.53. The molecule has 1 saturated heterocycles. The van der Waals surface area contributed by atoms with Gasteiger partial charge in [-0.2, -0.15) is 0 Å². The molecule has 4 rings (SSSR count). The fourth-order valence-corrected chi connectivity index (χ4v) is 4.55. The van der Waals surface area contributed by atoms with Crippen molar-refractivity contribution in [3.8, 4) is 5.75 Å². The molecule has 2 aliphatic heterocycles. The Bertz CT molecular complexity index is 1190. The van der Waals surface area contributed by atoms with E-state index in [-0.39, 0.29) is 23.6 Å². The van der Waals surface area contributed by atoms with Crippen molar-refractivity contribution in [1.82, 2.24) is 15.5 Å². The second-order valence-electron chi connectivity index (χ2n) is 6.68. The first kappa shape index (κ1) is 21.6. The van der Waals surface area contributed by atoms with Crippen LogP contribution in [0.2, 0.25) is 5.02 Å². The molecule has 2 amide bonds. The van der Waals surface area contributed by atoms with Crippen molar-refractivity contribution in [3.63, 3.8) is 0 Å². The van der Waals surface area contributed by atoms with Gasteiger partial charge >= 0.3 is 11.6 Å². The van der Waals surface area contributed by atoms with Gasteiger partial charge in [-0.05, 0) is 29.5 Å². The average molecular weight is 481 g/mol. The highest BCUT2D eigenvalue weighted by molar-refractivity contribution is 8.00. The summed E-state index contributed by atoms with van der Waals surface area (Å²) in [5.74, 6) is -1.77. The van der Waals surface area contributed by atoms with E-state index >= 15 is 0 Å². The Morgan fingerprint density at radius 1 is 1.41 bits per heavy atom. The molecule has 0 aliphatic carbocycles. The lowest BCUT2D eigenvalue weighted by atomic mass is 10.0. The summed E-state index contributed by atoms with van der Waals surface area (Å²) in [6.07, 6.45) is 2.29. The Morgan fingerprint density at radius 3 is 2.81 bits per heavy atom. The fourth-order valence-electron chi connectivity index (χ4n) is 3.12. The van der Waals surface area contributed by atoms with Crippen LogP contribution in [0.4, 0.5) is 0 Å². The van der Waals surface area contributed by atoms with Gasteiger partial charge < -0.3 is 15.3 Å². The van der Waals surface area contributed by atoms with Gasteiger partial charge in [0.1, 0.15) is 17.1 Å². The van der Waals surface area contributed by atoms with E-state index in [0.717, 1.165) is 15.8 Å². The number of nitrogens with zero attached hydrogens (tertiary/aromatic N) is 3. The van der Waals surface area contributed by atoms with Gasteiger partial charge in [0.15, 0.2) is 5.75 Å². The van der Waals surface area contributed by atoms with Crippen molar-refractivity contribution < 1.29 is 33.5 Å². The van der Waals surface area contributed by atoms with E-state index in [1.807, 2.05) is 0 Å². The molecule has 3 heterocycles. The van der Waals surface area contributed by atoms with E-state index < -0.39 is 34.8 Å². The number of carboxylic acid groups (broad SMARTS) is 1. The number of β-lactam (4-membered cyclic amide) rings is 1. The number of carboxylic acids is 1. The first-order chi connectivity index (χ1) is 15.3. The first-order valence-corrected chi connectivity index (χ1v) is 10.5. The molecule has 0 saturated carbocycles. The first-order valence-electron chi connectivity index (χ1n) is 9.08. The number of aromatic amines is 1. The molecule has 166 valence electrons. The number of carbonyl (C=O) groups excluding carboxylic acids is 2. The number of benzene rings is 1. The molecule has 2 aliphatic rings. The molecule has 1 aromatic carbocycles. The number of thioether (sulfide) groups is 1. The molecule has 2 atom stereocenters. The Kier molecular flexibility index (Phi) is 6.01. The lowest BCUT2D eigenvalue weighted by molar-refractivity contribution is -0.751. The second-order valence-corrected chi connectivity index (χ2v) is 8.22. The number of hydrogen-bond acceptors (Lipinski definition) is 8. The SMILES string of the molecule is O=C(C[n+]1cc(=O)o[nH]1)N[C@@H]1C(=O)N2C(C(=O)O)=C(C=NOc3ccc(Cl)cc3)CS[C@@H]12. The Hall–Kier alpha value is -3.58. The van der Waals surface area contributed by atoms with Crippen LogP contribution in [0.3, 0.4) is 0 Å². The van der Waals surface area contributed by atoms with E-state index in [1.54, 1.807) is 24.3 Å². The molecule has 0 bridgehead atoms. The van der Waals surface area contributed by atoms with Crippen molar-refractivity contribution >= 4 is 47.4 Å². The van der Waals surface area contributed by atoms with Gasteiger partial charge in [0.05, 0.1) is 6.21 Å². The maximum Gasteiger partial charge on any atom is 0.426 e. The zero-order valence-electron chi connectivity index (χ0n) is 16.1. The number of rotatable bonds is 7. The van der Waals surface area contributed by atoms with E-state index in [9.17, 15) is 24.3 Å². The quantitative estimate of drug-likeness (QED) is 0.211. The molecule has 1 fully saturated rings. The molecule has 1 aromatic heterocycles. The molecular formula is C18H15ClN5O7S+. The fraction of sp³-hybridized carbons (Fsp3) is 0.222. The molecule has 2 aromatic rings. The number of halogens is 1. The van der Waals surface area contributed by atoms with Crippen molar-refractivity contribution in [1.29, 1.82) is 0 Å². The van der Waals surface area contributed by atoms with Crippen LogP contribution >= 0.6 is 23.4 Å². The molecule has 0 unspecified atom stereocenters. The zero-order chi connectivity index (χ0) is 22.8. The normalized spacial score (nSPS) is 20.2. The number of oxime groups is 1. The number of hydrogen-bond donors (Lipinski definition) is 3. The molecule has 12 nitrogen and oxygen atoms in total. The van der Waals surface area contributed by atoms with Crippen molar-refractivity contribution in [2.24, 2.45) is 5.16 Å². The van der Waals surface area contributed by atoms with Crippen molar-refractivity contribution in [2.45, 2.75) is 18.0 Å². The lowest BCUT2D eigenvalue weighted by Crippen LogP contribution is -2.71. The van der Waals surface area contributed by atoms with Crippen LogP contribution in [0.5, 0.6) is 5.75 Å². The zero-order valence-corrected chi connectivity index (χ0v) is 17.6. The number of H-pyrrole nitrogens is 1. The number of aliphatic carboxylic acids is 1. The lowest BCUT2D eigenvalue weighted by Gasteiger charge is -2.48. The minimum absolute atomic E-state index is 0.221. The van der Waals surface area contributed by atoms with Gasteiger partial charge in [0, 0.05) is 16.3 Å². The van der Waals surface area contributed by atoms with Gasteiger partial charge in [-0.25, -0.2) is 9.59 Å². The topological polar surface area (TPSA) is 158 Å². The van der Waals surface area contributed by atoms with Crippen molar-refractivity contribution in [2.75, 3.05) is 5.75 Å². The molecule has 0 radical (unpaired) electrons. The summed E-state index contributed by atoms with van der Waals surface area (Å²) in [4.78, 5) is 53.9. The Balaban J connectivity index is 1.43. The molecular weight excluding hydrogens is 466 g/mol. The second kappa shape index (κ2) is 8.88. The maximum absolute atomic E-state index is 12.6. The smallest absolute Gasteiger partial charge is 0.426 e. The van der Waals surface area contributed by atoms with Gasteiger partial charge in [0.2, 0.25) is 0 Å². The van der Waals surface area contributed by atoms with Crippen molar-refractivity contribution in [3.05, 3.63) is 57.2 Å². The third-order valence-corrected chi connectivity index (χ3v) is 6.09. The summed E-state index contributed by atoms with van der Waals surface area (Å²) in [6.45, 7) is -0.269. The number of carbonyl (C=O) groups is 3. The largest absolute Gasteiger partial charge is 0.477 e. The van der Waals surface area contributed by atoms with Gasteiger partial charge in [-0.15, -0.1) is 11.8 Å². The van der Waals surface area contributed by atoms with E-state index in [2.05, 4.69) is 20.3 Å². The average Bonchev–Trinajstić information content (AvgIpc) is 3.17. The van der Waals surface area contributed by atoms with Gasteiger partial charge in [-0.1, -0.05) is 21.4 Å². The highest BCUT2D eigenvalue weighted by atomic mass is 35.5. The summed E-state index contributed by atoms with van der Waals surface area (Å²) in [7, 11) is 0. The Morgan fingerprint density at radius 2 is 2.16 bits per heavy atom. The van der Waals surface area contributed by atoms with Crippen LogP contribution in [-0.4, -0.2) is 56.4 Å². The minimum atomic E-state index is -1.30. The van der Waals surface area contributed by atoms with Crippen LogP contribution in [0.1, 0.15) is 0 Å². The van der Waals surface area contributed by atoms with Crippen LogP contribution in [0.15, 0.2) is 56.2 Å². The molecule has 14 heteroatoms. The number of nitrogens with one attached hydrogen (secondary N) is 2. The van der Waals surface area contributed by atoms with E-state index in [1.165, 1.54) is 18.0 Å². The summed E-state index contributed by atoms with van der Waals surface area (Å²) in [5, 5.41) is 18.2. The highest BCUT2D eigenvalue weighted by Crippen LogP contribution is 2.39. The number of amides is 2. The predicted octanol–water partition coefficient (Wildman–Crippen LogP) is -0.288. The monoisotopic (exact) mass is 480 g/mol.